The van der Waals surface area contributed by atoms with E-state index in [0.29, 0.717) is 18.8 Å². The third-order valence-electron chi connectivity index (χ3n) is 6.14. The topological polar surface area (TPSA) is 97.4 Å². The second-order valence-corrected chi connectivity index (χ2v) is 8.15. The van der Waals surface area contributed by atoms with Gasteiger partial charge in [0.15, 0.2) is 0 Å². The maximum Gasteiger partial charge on any atom is 0.226 e. The number of hydrogen-bond donors (Lipinski definition) is 3. The number of hydrogen-bond acceptors (Lipinski definition) is 6. The molecule has 4 heterocycles. The molecule has 2 aromatic heterocycles. The summed E-state index contributed by atoms with van der Waals surface area (Å²) in [5, 5.41) is 20.3. The molecule has 0 aliphatic carbocycles. The van der Waals surface area contributed by atoms with Crippen LogP contribution in [-0.2, 0) is 4.79 Å². The van der Waals surface area contributed by atoms with Gasteiger partial charge in [0.05, 0.1) is 18.3 Å². The van der Waals surface area contributed by atoms with Crippen LogP contribution in [0.15, 0.2) is 30.5 Å². The molecule has 1 saturated heterocycles. The van der Waals surface area contributed by atoms with E-state index in [1.54, 1.807) is 0 Å². The fraction of sp³-hybridized carbons (Fsp3) is 0.409. The summed E-state index contributed by atoms with van der Waals surface area (Å²) in [6.45, 7) is 6.41. The van der Waals surface area contributed by atoms with Crippen molar-refractivity contribution in [2.24, 2.45) is 0 Å². The molecule has 2 aliphatic heterocycles. The van der Waals surface area contributed by atoms with Gasteiger partial charge in [-0.05, 0) is 24.6 Å². The van der Waals surface area contributed by atoms with Gasteiger partial charge in [0.25, 0.3) is 0 Å². The van der Waals surface area contributed by atoms with Crippen molar-refractivity contribution in [1.29, 1.82) is 0 Å². The average molecular weight is 406 g/mol. The Morgan fingerprint density at radius 1 is 1.17 bits per heavy atom. The molecule has 0 bridgehead atoms. The zero-order valence-corrected chi connectivity index (χ0v) is 17.1. The Bertz CT molecular complexity index is 1090. The van der Waals surface area contributed by atoms with Gasteiger partial charge in [0.2, 0.25) is 5.91 Å². The zero-order chi connectivity index (χ0) is 20.7. The number of β-amino-alcohol motifs (C(OH)–C–C–N with tert-alkyl or cyclic N) is 1. The number of pyridine rings is 1. The maximum absolute atomic E-state index is 12.4. The summed E-state index contributed by atoms with van der Waals surface area (Å²) in [4.78, 5) is 22.1. The molecule has 1 aromatic carbocycles. The predicted molar refractivity (Wildman–Crippen MR) is 116 cm³/mol. The van der Waals surface area contributed by atoms with Gasteiger partial charge in [-0.1, -0.05) is 12.1 Å². The molecule has 0 radical (unpaired) electrons. The monoisotopic (exact) mass is 406 g/mol. The summed E-state index contributed by atoms with van der Waals surface area (Å²) in [5.74, 6) is 1.53. The van der Waals surface area contributed by atoms with Crippen LogP contribution in [0.25, 0.3) is 10.9 Å². The first-order chi connectivity index (χ1) is 14.6. The number of piperazine rings is 1. The molecule has 156 valence electrons. The molecule has 3 aromatic rings. The minimum atomic E-state index is -0.0869. The van der Waals surface area contributed by atoms with E-state index in [9.17, 15) is 9.90 Å². The highest BCUT2D eigenvalue weighted by Crippen LogP contribution is 2.40. The number of aromatic nitrogens is 3. The Hall–Kier alpha value is -2.97. The van der Waals surface area contributed by atoms with Gasteiger partial charge in [-0.15, -0.1) is 0 Å². The molecule has 5 rings (SSSR count). The number of benzene rings is 1. The fourth-order valence-corrected chi connectivity index (χ4v) is 4.54. The SMILES string of the molecule is Cc1ccc2cc(C3CC(=O)Nc4[nH]ncc43)c(N3CCN(CCO)CC3)nc2c1. The molecule has 0 saturated carbocycles. The normalized spacial score (nSPS) is 19.7. The third kappa shape index (κ3) is 3.42. The Kier molecular flexibility index (Phi) is 4.88. The fourth-order valence-electron chi connectivity index (χ4n) is 4.54. The Balaban J connectivity index is 1.60. The Morgan fingerprint density at radius 2 is 2.00 bits per heavy atom. The zero-order valence-electron chi connectivity index (χ0n) is 17.1. The van der Waals surface area contributed by atoms with E-state index in [0.717, 1.165) is 54.0 Å². The lowest BCUT2D eigenvalue weighted by Gasteiger charge is -2.37. The van der Waals surface area contributed by atoms with Crippen LogP contribution in [0.4, 0.5) is 11.6 Å². The summed E-state index contributed by atoms with van der Waals surface area (Å²) >= 11 is 0. The van der Waals surface area contributed by atoms with Crippen molar-refractivity contribution < 1.29 is 9.90 Å². The van der Waals surface area contributed by atoms with E-state index in [1.807, 2.05) is 6.20 Å². The molecular weight excluding hydrogens is 380 g/mol. The molecule has 8 nitrogen and oxygen atoms in total. The number of carbonyl (C=O) groups is 1. The first-order valence-corrected chi connectivity index (χ1v) is 10.4. The van der Waals surface area contributed by atoms with E-state index in [1.165, 1.54) is 5.56 Å². The van der Waals surface area contributed by atoms with Crippen LogP contribution in [0.3, 0.4) is 0 Å². The van der Waals surface area contributed by atoms with Crippen molar-refractivity contribution in [2.45, 2.75) is 19.3 Å². The van der Waals surface area contributed by atoms with Crippen molar-refractivity contribution in [3.8, 4) is 0 Å². The molecule has 1 atom stereocenters. The number of aromatic amines is 1. The van der Waals surface area contributed by atoms with Crippen molar-refractivity contribution in [2.75, 3.05) is 49.5 Å². The number of aryl methyl sites for hydroxylation is 1. The van der Waals surface area contributed by atoms with E-state index >= 15 is 0 Å². The molecule has 2 aliphatic rings. The van der Waals surface area contributed by atoms with Gasteiger partial charge in [-0.25, -0.2) is 4.98 Å². The number of anilines is 2. The van der Waals surface area contributed by atoms with Gasteiger partial charge in [-0.2, -0.15) is 5.10 Å². The average Bonchev–Trinajstić information content (AvgIpc) is 3.21. The lowest BCUT2D eigenvalue weighted by molar-refractivity contribution is -0.116. The third-order valence-corrected chi connectivity index (χ3v) is 6.14. The first kappa shape index (κ1) is 19.0. The molecule has 0 spiro atoms. The van der Waals surface area contributed by atoms with Crippen molar-refractivity contribution in [1.82, 2.24) is 20.1 Å². The van der Waals surface area contributed by atoms with E-state index in [4.69, 9.17) is 4.98 Å². The number of H-pyrrole nitrogens is 1. The number of rotatable bonds is 4. The summed E-state index contributed by atoms with van der Waals surface area (Å²) in [6, 6.07) is 8.50. The standard InChI is InChI=1S/C22H26N6O2/c1-14-2-3-15-11-17(16-12-20(30)25-21-18(16)13-23-26-21)22(24-19(15)10-14)28-6-4-27(5-7-28)8-9-29/h2-3,10-11,13,16,29H,4-9,12H2,1H3,(H2,23,25,26,30). The van der Waals surface area contributed by atoms with Crippen molar-refractivity contribution in [3.63, 3.8) is 0 Å². The number of nitrogens with zero attached hydrogens (tertiary/aromatic N) is 4. The van der Waals surface area contributed by atoms with Crippen LogP contribution in [0.1, 0.15) is 29.0 Å². The lowest BCUT2D eigenvalue weighted by atomic mass is 9.86. The number of nitrogens with one attached hydrogen (secondary N) is 2. The van der Waals surface area contributed by atoms with Crippen LogP contribution in [0.2, 0.25) is 0 Å². The Morgan fingerprint density at radius 3 is 2.80 bits per heavy atom. The summed E-state index contributed by atoms with van der Waals surface area (Å²) in [6.07, 6.45) is 2.19. The number of fused-ring (bicyclic) bond motifs is 2. The molecule has 30 heavy (non-hydrogen) atoms. The van der Waals surface area contributed by atoms with Gasteiger partial charge >= 0.3 is 0 Å². The summed E-state index contributed by atoms with van der Waals surface area (Å²) in [5.41, 5.74) is 4.22. The first-order valence-electron chi connectivity index (χ1n) is 10.4. The number of aliphatic hydroxyl groups is 1. The van der Waals surface area contributed by atoms with Gasteiger partial charge in [-0.3, -0.25) is 14.8 Å². The molecule has 1 fully saturated rings. The number of carbonyl (C=O) groups excluding carboxylic acids is 1. The summed E-state index contributed by atoms with van der Waals surface area (Å²) < 4.78 is 0. The molecular formula is C22H26N6O2. The number of amides is 1. The highest BCUT2D eigenvalue weighted by atomic mass is 16.3. The second-order valence-electron chi connectivity index (χ2n) is 8.15. The van der Waals surface area contributed by atoms with Crippen LogP contribution in [0, 0.1) is 6.92 Å². The molecule has 3 N–H and O–H groups in total. The van der Waals surface area contributed by atoms with Crippen molar-refractivity contribution >= 4 is 28.4 Å². The van der Waals surface area contributed by atoms with E-state index in [-0.39, 0.29) is 18.4 Å². The lowest BCUT2D eigenvalue weighted by Crippen LogP contribution is -2.47. The minimum absolute atomic E-state index is 0.0144. The van der Waals surface area contributed by atoms with E-state index < -0.39 is 0 Å². The highest BCUT2D eigenvalue weighted by molar-refractivity contribution is 5.95. The molecule has 8 heteroatoms. The van der Waals surface area contributed by atoms with Crippen LogP contribution in [0.5, 0.6) is 0 Å². The summed E-state index contributed by atoms with van der Waals surface area (Å²) in [7, 11) is 0. The van der Waals surface area contributed by atoms with Crippen LogP contribution < -0.4 is 10.2 Å². The van der Waals surface area contributed by atoms with Crippen molar-refractivity contribution in [3.05, 3.63) is 47.2 Å². The predicted octanol–water partition coefficient (Wildman–Crippen LogP) is 1.85. The quantitative estimate of drug-likeness (QED) is 0.612. The molecule has 1 unspecified atom stereocenters. The van der Waals surface area contributed by atoms with Crippen LogP contribution >= 0.6 is 0 Å². The molecule has 1 amide bonds. The smallest absolute Gasteiger partial charge is 0.226 e. The van der Waals surface area contributed by atoms with Crippen LogP contribution in [-0.4, -0.2) is 70.4 Å². The van der Waals surface area contributed by atoms with E-state index in [2.05, 4.69) is 56.5 Å². The maximum atomic E-state index is 12.4. The van der Waals surface area contributed by atoms with Gasteiger partial charge in [0, 0.05) is 61.6 Å². The van der Waals surface area contributed by atoms with Gasteiger partial charge in [0.1, 0.15) is 11.6 Å². The minimum Gasteiger partial charge on any atom is -0.395 e. The van der Waals surface area contributed by atoms with Gasteiger partial charge < -0.3 is 15.3 Å². The second kappa shape index (κ2) is 7.70. The Labute approximate surface area is 174 Å². The number of aliphatic hydroxyl groups excluding tert-OH is 1. The highest BCUT2D eigenvalue weighted by Gasteiger charge is 2.32. The largest absolute Gasteiger partial charge is 0.395 e.